The fraction of sp³-hybridized carbons (Fsp3) is 0.222. The maximum Gasteiger partial charge on any atom is 0.407 e. The Hall–Kier alpha value is -1.58. The molecule has 0 fully saturated rings. The molecule has 1 amide bonds. The highest BCUT2D eigenvalue weighted by Gasteiger charge is 2.02. The standard InChI is InChI=1S/C9H10FNO2/c1-13-9(12)11-6-7-4-2-3-5-8(7)10/h2-5H,6H2,1H3,(H,11,12). The Morgan fingerprint density at radius 1 is 1.54 bits per heavy atom. The number of methoxy groups -OCH3 is 1. The number of hydrogen-bond donors (Lipinski definition) is 1. The molecule has 1 aromatic rings. The van der Waals surface area contributed by atoms with Gasteiger partial charge in [-0.1, -0.05) is 18.2 Å². The van der Waals surface area contributed by atoms with Crippen LogP contribution in [0, 0.1) is 5.82 Å². The lowest BCUT2D eigenvalue weighted by atomic mass is 10.2. The lowest BCUT2D eigenvalue weighted by Gasteiger charge is -2.03. The summed E-state index contributed by atoms with van der Waals surface area (Å²) in [5, 5.41) is 2.39. The molecule has 0 aliphatic carbocycles. The summed E-state index contributed by atoms with van der Waals surface area (Å²) in [4.78, 5) is 10.6. The summed E-state index contributed by atoms with van der Waals surface area (Å²) >= 11 is 0. The molecule has 3 nitrogen and oxygen atoms in total. The third-order valence-electron chi connectivity index (χ3n) is 1.57. The van der Waals surface area contributed by atoms with E-state index in [9.17, 15) is 9.18 Å². The molecular weight excluding hydrogens is 173 g/mol. The number of hydrogen-bond acceptors (Lipinski definition) is 2. The van der Waals surface area contributed by atoms with Crippen LogP contribution in [0.2, 0.25) is 0 Å². The average molecular weight is 183 g/mol. The highest BCUT2D eigenvalue weighted by molar-refractivity contribution is 5.66. The van der Waals surface area contributed by atoms with Crippen molar-refractivity contribution in [2.24, 2.45) is 0 Å². The molecule has 0 heterocycles. The molecule has 4 heteroatoms. The number of benzene rings is 1. The summed E-state index contributed by atoms with van der Waals surface area (Å²) in [5.41, 5.74) is 0.438. The monoisotopic (exact) mass is 183 g/mol. The SMILES string of the molecule is COC(=O)NCc1ccccc1F. The number of amides is 1. The van der Waals surface area contributed by atoms with E-state index in [0.29, 0.717) is 5.56 Å². The molecule has 1 aromatic carbocycles. The first kappa shape index (κ1) is 9.51. The van der Waals surface area contributed by atoms with E-state index in [1.165, 1.54) is 13.2 Å². The largest absolute Gasteiger partial charge is 0.453 e. The number of rotatable bonds is 2. The average Bonchev–Trinajstić information content (AvgIpc) is 2.16. The first-order valence-electron chi connectivity index (χ1n) is 3.79. The van der Waals surface area contributed by atoms with E-state index in [2.05, 4.69) is 10.1 Å². The quantitative estimate of drug-likeness (QED) is 0.757. The number of halogens is 1. The molecule has 0 saturated heterocycles. The molecule has 0 saturated carbocycles. The van der Waals surface area contributed by atoms with Gasteiger partial charge in [0, 0.05) is 12.1 Å². The Morgan fingerprint density at radius 2 is 2.23 bits per heavy atom. The highest BCUT2D eigenvalue weighted by atomic mass is 19.1. The summed E-state index contributed by atoms with van der Waals surface area (Å²) in [6.07, 6.45) is -0.566. The molecule has 1 rings (SSSR count). The minimum Gasteiger partial charge on any atom is -0.453 e. The van der Waals surface area contributed by atoms with Crippen molar-refractivity contribution >= 4 is 6.09 Å². The van der Waals surface area contributed by atoms with Crippen LogP contribution in [0.4, 0.5) is 9.18 Å². The Balaban J connectivity index is 2.54. The van der Waals surface area contributed by atoms with Crippen molar-refractivity contribution in [3.63, 3.8) is 0 Å². The molecular formula is C9H10FNO2. The second-order valence-corrected chi connectivity index (χ2v) is 2.44. The van der Waals surface area contributed by atoms with E-state index in [1.807, 2.05) is 0 Å². The highest BCUT2D eigenvalue weighted by Crippen LogP contribution is 2.05. The van der Waals surface area contributed by atoms with Gasteiger partial charge in [0.25, 0.3) is 0 Å². The third kappa shape index (κ3) is 2.74. The Labute approximate surface area is 75.5 Å². The van der Waals surface area contributed by atoms with Crippen molar-refractivity contribution in [3.8, 4) is 0 Å². The zero-order chi connectivity index (χ0) is 9.68. The van der Waals surface area contributed by atoms with Gasteiger partial charge in [-0.05, 0) is 6.07 Å². The number of alkyl carbamates (subject to hydrolysis) is 1. The topological polar surface area (TPSA) is 38.3 Å². The number of nitrogens with one attached hydrogen (secondary N) is 1. The molecule has 0 aromatic heterocycles. The zero-order valence-electron chi connectivity index (χ0n) is 7.21. The van der Waals surface area contributed by atoms with Crippen LogP contribution >= 0.6 is 0 Å². The number of ether oxygens (including phenoxy) is 1. The minimum absolute atomic E-state index is 0.138. The first-order chi connectivity index (χ1) is 6.24. The van der Waals surface area contributed by atoms with E-state index in [-0.39, 0.29) is 12.4 Å². The van der Waals surface area contributed by atoms with E-state index >= 15 is 0 Å². The zero-order valence-corrected chi connectivity index (χ0v) is 7.21. The molecule has 0 aliphatic heterocycles. The van der Waals surface area contributed by atoms with Crippen LogP contribution in [0.25, 0.3) is 0 Å². The third-order valence-corrected chi connectivity index (χ3v) is 1.57. The van der Waals surface area contributed by atoms with Crippen LogP contribution in [0.3, 0.4) is 0 Å². The minimum atomic E-state index is -0.566. The van der Waals surface area contributed by atoms with Gasteiger partial charge in [-0.2, -0.15) is 0 Å². The normalized spacial score (nSPS) is 9.38. The molecule has 0 spiro atoms. The van der Waals surface area contributed by atoms with Gasteiger partial charge in [-0.3, -0.25) is 0 Å². The molecule has 0 bridgehead atoms. The summed E-state index contributed by atoms with van der Waals surface area (Å²) < 4.78 is 17.3. The van der Waals surface area contributed by atoms with Crippen molar-refractivity contribution < 1.29 is 13.9 Å². The van der Waals surface area contributed by atoms with Gasteiger partial charge in [0.1, 0.15) is 5.82 Å². The summed E-state index contributed by atoms with van der Waals surface area (Å²) in [5.74, 6) is -0.334. The van der Waals surface area contributed by atoms with Gasteiger partial charge < -0.3 is 10.1 Å². The van der Waals surface area contributed by atoms with Crippen LogP contribution < -0.4 is 5.32 Å². The van der Waals surface area contributed by atoms with E-state index in [1.54, 1.807) is 18.2 Å². The fourth-order valence-corrected chi connectivity index (χ4v) is 0.881. The first-order valence-corrected chi connectivity index (χ1v) is 3.79. The van der Waals surface area contributed by atoms with E-state index in [0.717, 1.165) is 0 Å². The summed E-state index contributed by atoms with van der Waals surface area (Å²) in [6, 6.07) is 6.24. The molecule has 0 atom stereocenters. The van der Waals surface area contributed by atoms with Crippen molar-refractivity contribution in [2.75, 3.05) is 7.11 Å². The van der Waals surface area contributed by atoms with Crippen molar-refractivity contribution in [1.82, 2.24) is 5.32 Å². The van der Waals surface area contributed by atoms with Gasteiger partial charge in [-0.15, -0.1) is 0 Å². The maximum absolute atomic E-state index is 13.0. The van der Waals surface area contributed by atoms with Gasteiger partial charge in [-0.25, -0.2) is 9.18 Å². The lowest BCUT2D eigenvalue weighted by molar-refractivity contribution is 0.170. The fourth-order valence-electron chi connectivity index (χ4n) is 0.881. The predicted octanol–water partition coefficient (Wildman–Crippen LogP) is 1.68. The second-order valence-electron chi connectivity index (χ2n) is 2.44. The van der Waals surface area contributed by atoms with Crippen molar-refractivity contribution in [2.45, 2.75) is 6.54 Å². The van der Waals surface area contributed by atoms with Crippen LogP contribution in [-0.2, 0) is 11.3 Å². The van der Waals surface area contributed by atoms with Crippen molar-refractivity contribution in [1.29, 1.82) is 0 Å². The van der Waals surface area contributed by atoms with Gasteiger partial charge in [0.15, 0.2) is 0 Å². The lowest BCUT2D eigenvalue weighted by Crippen LogP contribution is -2.22. The molecule has 13 heavy (non-hydrogen) atoms. The van der Waals surface area contributed by atoms with E-state index < -0.39 is 6.09 Å². The summed E-state index contributed by atoms with van der Waals surface area (Å²) in [6.45, 7) is 0.138. The summed E-state index contributed by atoms with van der Waals surface area (Å²) in [7, 11) is 1.26. The molecule has 0 aliphatic rings. The van der Waals surface area contributed by atoms with Crippen molar-refractivity contribution in [3.05, 3.63) is 35.6 Å². The van der Waals surface area contributed by atoms with E-state index in [4.69, 9.17) is 0 Å². The molecule has 0 radical (unpaired) electrons. The molecule has 70 valence electrons. The molecule has 0 unspecified atom stereocenters. The Morgan fingerprint density at radius 3 is 2.85 bits per heavy atom. The number of carbonyl (C=O) groups excluding carboxylic acids is 1. The molecule has 1 N–H and O–H groups in total. The van der Waals surface area contributed by atoms with Crippen LogP contribution in [-0.4, -0.2) is 13.2 Å². The Kier molecular flexibility index (Phi) is 3.25. The maximum atomic E-state index is 13.0. The number of carbonyl (C=O) groups is 1. The smallest absolute Gasteiger partial charge is 0.407 e. The van der Waals surface area contributed by atoms with Gasteiger partial charge in [0.05, 0.1) is 7.11 Å². The van der Waals surface area contributed by atoms with Gasteiger partial charge in [0.2, 0.25) is 0 Å². The van der Waals surface area contributed by atoms with Gasteiger partial charge >= 0.3 is 6.09 Å². The van der Waals surface area contributed by atoms with Crippen LogP contribution in [0.5, 0.6) is 0 Å². The van der Waals surface area contributed by atoms with Crippen LogP contribution in [0.1, 0.15) is 5.56 Å². The Bertz CT molecular complexity index is 301. The van der Waals surface area contributed by atoms with Crippen LogP contribution in [0.15, 0.2) is 24.3 Å². The predicted molar refractivity (Wildman–Crippen MR) is 45.6 cm³/mol. The second kappa shape index (κ2) is 4.45.